The smallest absolute Gasteiger partial charge is 0.212 e. The van der Waals surface area contributed by atoms with Crippen LogP contribution in [-0.2, 0) is 0 Å². The molecule has 0 N–H and O–H groups in total. The molecule has 0 saturated heterocycles. The first-order chi connectivity index (χ1) is 6.66. The molecule has 4 heteroatoms. The normalized spacial score (nSPS) is 13.1. The van der Waals surface area contributed by atoms with Crippen molar-refractivity contribution >= 4 is 22.9 Å². The van der Waals surface area contributed by atoms with Gasteiger partial charge in [-0.05, 0) is 26.0 Å². The first-order valence-electron chi connectivity index (χ1n) is 4.33. The number of alkyl halides is 1. The van der Waals surface area contributed by atoms with Gasteiger partial charge in [0.25, 0.3) is 0 Å². The van der Waals surface area contributed by atoms with Gasteiger partial charge < -0.3 is 4.42 Å². The van der Waals surface area contributed by atoms with Gasteiger partial charge >= 0.3 is 0 Å². The zero-order chi connectivity index (χ0) is 10.1. The van der Waals surface area contributed by atoms with Crippen LogP contribution in [0.15, 0.2) is 22.7 Å². The summed E-state index contributed by atoms with van der Waals surface area (Å²) in [6.07, 6.45) is 1.72. The van der Waals surface area contributed by atoms with Crippen molar-refractivity contribution in [2.75, 3.05) is 0 Å². The van der Waals surface area contributed by atoms with Gasteiger partial charge in [0.2, 0.25) is 5.89 Å². The summed E-state index contributed by atoms with van der Waals surface area (Å²) < 4.78 is 5.51. The molecule has 14 heavy (non-hydrogen) atoms. The Hall–Kier alpha value is -0.800. The molecule has 0 fully saturated rings. The van der Waals surface area contributed by atoms with Crippen molar-refractivity contribution in [1.29, 1.82) is 0 Å². The molecule has 1 unspecified atom stereocenters. The van der Waals surface area contributed by atoms with Crippen molar-refractivity contribution in [3.8, 4) is 10.6 Å². The van der Waals surface area contributed by atoms with E-state index >= 15 is 0 Å². The molecule has 0 aliphatic carbocycles. The molecule has 0 aliphatic rings. The van der Waals surface area contributed by atoms with E-state index in [-0.39, 0.29) is 5.38 Å². The van der Waals surface area contributed by atoms with Crippen molar-refractivity contribution in [2.45, 2.75) is 19.2 Å². The molecule has 74 valence electrons. The van der Waals surface area contributed by atoms with Gasteiger partial charge in [-0.2, -0.15) is 0 Å². The van der Waals surface area contributed by atoms with Gasteiger partial charge in [-0.1, -0.05) is 0 Å². The molecule has 0 aromatic carbocycles. The van der Waals surface area contributed by atoms with E-state index in [9.17, 15) is 0 Å². The standard InChI is InChI=1S/C10H10ClNOS/c1-6-3-4-9(14-6)8-5-12-10(13-8)7(2)11/h3-5,7H,1-2H3. The first-order valence-corrected chi connectivity index (χ1v) is 5.58. The molecule has 2 nitrogen and oxygen atoms in total. The first kappa shape index (κ1) is 9.74. The highest BCUT2D eigenvalue weighted by atomic mass is 35.5. The van der Waals surface area contributed by atoms with Crippen LogP contribution < -0.4 is 0 Å². The second-order valence-electron chi connectivity index (χ2n) is 3.09. The summed E-state index contributed by atoms with van der Waals surface area (Å²) in [6.45, 7) is 3.91. The molecular weight excluding hydrogens is 218 g/mol. The van der Waals surface area contributed by atoms with Crippen LogP contribution in [0.3, 0.4) is 0 Å². The number of hydrogen-bond donors (Lipinski definition) is 0. The summed E-state index contributed by atoms with van der Waals surface area (Å²) in [5.41, 5.74) is 0. The summed E-state index contributed by atoms with van der Waals surface area (Å²) in [6, 6.07) is 4.09. The lowest BCUT2D eigenvalue weighted by molar-refractivity contribution is 0.509. The predicted molar refractivity (Wildman–Crippen MR) is 58.8 cm³/mol. The Morgan fingerprint density at radius 2 is 2.29 bits per heavy atom. The topological polar surface area (TPSA) is 26.0 Å². The number of halogens is 1. The molecular formula is C10H10ClNOS. The number of oxazole rings is 1. The largest absolute Gasteiger partial charge is 0.438 e. The molecule has 0 spiro atoms. The van der Waals surface area contributed by atoms with Crippen LogP contribution in [0.1, 0.15) is 23.1 Å². The highest BCUT2D eigenvalue weighted by Gasteiger charge is 2.11. The number of thiophene rings is 1. The van der Waals surface area contributed by atoms with E-state index < -0.39 is 0 Å². The van der Waals surface area contributed by atoms with Crippen molar-refractivity contribution in [3.63, 3.8) is 0 Å². The maximum Gasteiger partial charge on any atom is 0.212 e. The molecule has 0 saturated carbocycles. The van der Waals surface area contributed by atoms with Crippen LogP contribution in [0.4, 0.5) is 0 Å². The summed E-state index contributed by atoms with van der Waals surface area (Å²) in [7, 11) is 0. The Kier molecular flexibility index (Phi) is 2.61. The van der Waals surface area contributed by atoms with Gasteiger partial charge in [0.1, 0.15) is 5.38 Å². The van der Waals surface area contributed by atoms with E-state index in [1.807, 2.05) is 13.0 Å². The molecule has 0 amide bonds. The molecule has 2 aromatic heterocycles. The minimum atomic E-state index is -0.176. The third kappa shape index (κ3) is 1.83. The monoisotopic (exact) mass is 227 g/mol. The van der Waals surface area contributed by atoms with E-state index in [0.717, 1.165) is 10.6 Å². The summed E-state index contributed by atoms with van der Waals surface area (Å²) >= 11 is 7.55. The Bertz CT molecular complexity index is 433. The van der Waals surface area contributed by atoms with Crippen molar-refractivity contribution in [2.24, 2.45) is 0 Å². The van der Waals surface area contributed by atoms with Crippen molar-refractivity contribution < 1.29 is 4.42 Å². The number of aromatic nitrogens is 1. The van der Waals surface area contributed by atoms with Gasteiger partial charge in [-0.3, -0.25) is 0 Å². The SMILES string of the molecule is Cc1ccc(-c2cnc(C(C)Cl)o2)s1. The van der Waals surface area contributed by atoms with Gasteiger partial charge in [0.05, 0.1) is 11.1 Å². The maximum atomic E-state index is 5.86. The Labute approximate surface area is 91.5 Å². The lowest BCUT2D eigenvalue weighted by Gasteiger charge is -1.93. The fraction of sp³-hybridized carbons (Fsp3) is 0.300. The van der Waals surface area contributed by atoms with E-state index in [4.69, 9.17) is 16.0 Å². The molecule has 1 atom stereocenters. The zero-order valence-electron chi connectivity index (χ0n) is 7.95. The molecule has 0 bridgehead atoms. The molecule has 2 heterocycles. The minimum absolute atomic E-state index is 0.176. The fourth-order valence-corrected chi connectivity index (χ4v) is 2.07. The van der Waals surface area contributed by atoms with E-state index in [1.165, 1.54) is 4.88 Å². The highest BCUT2D eigenvalue weighted by molar-refractivity contribution is 7.15. The average molecular weight is 228 g/mol. The maximum absolute atomic E-state index is 5.86. The number of nitrogens with zero attached hydrogens (tertiary/aromatic N) is 1. The van der Waals surface area contributed by atoms with E-state index in [0.29, 0.717) is 5.89 Å². The summed E-state index contributed by atoms with van der Waals surface area (Å²) in [5, 5.41) is -0.176. The second-order valence-corrected chi connectivity index (χ2v) is 5.03. The quantitative estimate of drug-likeness (QED) is 0.725. The molecule has 2 rings (SSSR count). The fourth-order valence-electron chi connectivity index (χ4n) is 1.15. The average Bonchev–Trinajstić information content (AvgIpc) is 2.70. The zero-order valence-corrected chi connectivity index (χ0v) is 9.52. The number of aryl methyl sites for hydroxylation is 1. The Morgan fingerprint density at radius 1 is 1.50 bits per heavy atom. The third-order valence-corrected chi connectivity index (χ3v) is 3.05. The molecule has 0 aliphatic heterocycles. The molecule has 2 aromatic rings. The van der Waals surface area contributed by atoms with Crippen LogP contribution >= 0.6 is 22.9 Å². The Balaban J connectivity index is 2.33. The van der Waals surface area contributed by atoms with Crippen LogP contribution in [0, 0.1) is 6.92 Å². The third-order valence-electron chi connectivity index (χ3n) is 1.85. The highest BCUT2D eigenvalue weighted by Crippen LogP contribution is 2.30. The summed E-state index contributed by atoms with van der Waals surface area (Å²) in [5.74, 6) is 1.37. The Morgan fingerprint density at radius 3 is 2.79 bits per heavy atom. The van der Waals surface area contributed by atoms with Gasteiger partial charge in [0, 0.05) is 4.88 Å². The van der Waals surface area contributed by atoms with Crippen molar-refractivity contribution in [3.05, 3.63) is 29.1 Å². The van der Waals surface area contributed by atoms with Crippen LogP contribution in [0.2, 0.25) is 0 Å². The van der Waals surface area contributed by atoms with Gasteiger partial charge in [-0.15, -0.1) is 22.9 Å². The van der Waals surface area contributed by atoms with Gasteiger partial charge in [0.15, 0.2) is 5.76 Å². The molecule has 0 radical (unpaired) electrons. The van der Waals surface area contributed by atoms with E-state index in [2.05, 4.69) is 18.0 Å². The van der Waals surface area contributed by atoms with Crippen LogP contribution in [0.5, 0.6) is 0 Å². The lowest BCUT2D eigenvalue weighted by atomic mass is 10.4. The number of rotatable bonds is 2. The minimum Gasteiger partial charge on any atom is -0.438 e. The van der Waals surface area contributed by atoms with Crippen LogP contribution in [-0.4, -0.2) is 4.98 Å². The van der Waals surface area contributed by atoms with Crippen LogP contribution in [0.25, 0.3) is 10.6 Å². The van der Waals surface area contributed by atoms with Gasteiger partial charge in [-0.25, -0.2) is 4.98 Å². The lowest BCUT2D eigenvalue weighted by Crippen LogP contribution is -1.80. The number of hydrogen-bond acceptors (Lipinski definition) is 3. The predicted octanol–water partition coefficient (Wildman–Crippen LogP) is 4.01. The summed E-state index contributed by atoms with van der Waals surface area (Å²) in [4.78, 5) is 6.47. The second kappa shape index (κ2) is 3.75. The van der Waals surface area contributed by atoms with E-state index in [1.54, 1.807) is 17.5 Å². The van der Waals surface area contributed by atoms with Crippen molar-refractivity contribution in [1.82, 2.24) is 4.98 Å².